The fraction of sp³-hybridized carbons (Fsp3) is 0.417. The molecule has 104 valence electrons. The molecule has 1 aromatic carbocycles. The third-order valence-electron chi connectivity index (χ3n) is 3.01. The van der Waals surface area contributed by atoms with Gasteiger partial charge in [0.25, 0.3) is 10.0 Å². The van der Waals surface area contributed by atoms with E-state index in [2.05, 4.69) is 15.0 Å². The van der Waals surface area contributed by atoms with Crippen LogP contribution in [0.15, 0.2) is 27.5 Å². The zero-order chi connectivity index (χ0) is 14.0. The van der Waals surface area contributed by atoms with E-state index in [-0.39, 0.29) is 16.9 Å². The smallest absolute Gasteiger partial charge is 0.287 e. The average Bonchev–Trinajstić information content (AvgIpc) is 2.34. The molecule has 2 N–H and O–H groups in total. The van der Waals surface area contributed by atoms with Crippen molar-refractivity contribution in [3.05, 3.63) is 23.2 Å². The third-order valence-corrected chi connectivity index (χ3v) is 4.58. The Labute approximate surface area is 118 Å². The molecule has 0 atom stereocenters. The molecule has 1 heterocycles. The molecule has 1 aromatic rings. The number of hydrogen-bond acceptors (Lipinski definition) is 4. The second-order valence-corrected chi connectivity index (χ2v) is 6.35. The number of anilines is 1. The van der Waals surface area contributed by atoms with Gasteiger partial charge in [-0.2, -0.15) is 8.42 Å². The van der Waals surface area contributed by atoms with E-state index in [1.807, 2.05) is 13.8 Å². The first kappa shape index (κ1) is 14.1. The van der Waals surface area contributed by atoms with Gasteiger partial charge in [-0.15, -0.1) is 4.40 Å². The number of benzene rings is 1. The molecule has 0 aliphatic carbocycles. The molecule has 0 aromatic heterocycles. The first-order valence-corrected chi connectivity index (χ1v) is 7.96. The molecular weight excluding hydrogens is 286 g/mol. The molecule has 7 heteroatoms. The van der Waals surface area contributed by atoms with Crippen LogP contribution in [0.2, 0.25) is 5.02 Å². The Hall–Kier alpha value is -1.27. The van der Waals surface area contributed by atoms with Crippen molar-refractivity contribution < 1.29 is 8.42 Å². The van der Waals surface area contributed by atoms with Crippen LogP contribution < -0.4 is 10.6 Å². The van der Waals surface area contributed by atoms with E-state index in [0.717, 1.165) is 12.8 Å². The monoisotopic (exact) mass is 301 g/mol. The summed E-state index contributed by atoms with van der Waals surface area (Å²) < 4.78 is 27.8. The number of halogens is 1. The Morgan fingerprint density at radius 3 is 2.68 bits per heavy atom. The van der Waals surface area contributed by atoms with Crippen LogP contribution in [0.3, 0.4) is 0 Å². The SMILES string of the molecule is CCC(CC)NC1=NS(=O)(=O)c2ccc(Cl)cc2N1. The molecule has 0 bridgehead atoms. The first-order valence-electron chi connectivity index (χ1n) is 6.14. The number of nitrogens with one attached hydrogen (secondary N) is 2. The van der Waals surface area contributed by atoms with Crippen LogP contribution >= 0.6 is 11.6 Å². The van der Waals surface area contributed by atoms with Crippen molar-refractivity contribution in [3.8, 4) is 0 Å². The lowest BCUT2D eigenvalue weighted by Gasteiger charge is -2.23. The van der Waals surface area contributed by atoms with Gasteiger partial charge in [-0.05, 0) is 31.0 Å². The highest BCUT2D eigenvalue weighted by Crippen LogP contribution is 2.29. The van der Waals surface area contributed by atoms with Crippen LogP contribution in [0, 0.1) is 0 Å². The zero-order valence-electron chi connectivity index (χ0n) is 10.8. The molecule has 1 aliphatic heterocycles. The highest BCUT2D eigenvalue weighted by atomic mass is 35.5. The predicted octanol–water partition coefficient (Wildman–Crippen LogP) is 2.59. The van der Waals surface area contributed by atoms with Gasteiger partial charge >= 0.3 is 0 Å². The lowest BCUT2D eigenvalue weighted by molar-refractivity contribution is 0.567. The van der Waals surface area contributed by atoms with E-state index in [1.165, 1.54) is 12.1 Å². The Balaban J connectivity index is 2.35. The molecule has 0 fully saturated rings. The van der Waals surface area contributed by atoms with E-state index >= 15 is 0 Å². The van der Waals surface area contributed by atoms with Crippen LogP contribution in [-0.2, 0) is 10.0 Å². The second-order valence-electron chi connectivity index (χ2n) is 4.34. The number of guanidine groups is 1. The summed E-state index contributed by atoms with van der Waals surface area (Å²) in [5, 5.41) is 6.53. The minimum atomic E-state index is -3.67. The largest absolute Gasteiger partial charge is 0.352 e. The Morgan fingerprint density at radius 2 is 2.05 bits per heavy atom. The van der Waals surface area contributed by atoms with E-state index in [9.17, 15) is 8.42 Å². The van der Waals surface area contributed by atoms with Crippen molar-refractivity contribution >= 4 is 33.3 Å². The summed E-state index contributed by atoms with van der Waals surface area (Å²) in [5.74, 6) is 0.253. The molecule has 0 spiro atoms. The second kappa shape index (κ2) is 5.38. The maximum Gasteiger partial charge on any atom is 0.287 e. The van der Waals surface area contributed by atoms with Gasteiger partial charge in [-0.1, -0.05) is 25.4 Å². The van der Waals surface area contributed by atoms with Crippen molar-refractivity contribution in [2.45, 2.75) is 37.6 Å². The van der Waals surface area contributed by atoms with Gasteiger partial charge in [0.2, 0.25) is 5.96 Å². The maximum absolute atomic E-state index is 12.0. The lowest BCUT2D eigenvalue weighted by atomic mass is 10.2. The molecular formula is C12H16ClN3O2S. The Bertz CT molecular complexity index is 609. The third kappa shape index (κ3) is 3.01. The fourth-order valence-corrected chi connectivity index (χ4v) is 3.13. The summed E-state index contributed by atoms with van der Waals surface area (Å²) in [7, 11) is -3.67. The van der Waals surface area contributed by atoms with Gasteiger partial charge in [0.1, 0.15) is 4.90 Å². The summed E-state index contributed by atoms with van der Waals surface area (Å²) in [5.41, 5.74) is 0.455. The highest BCUT2D eigenvalue weighted by Gasteiger charge is 2.25. The maximum atomic E-state index is 12.0. The van der Waals surface area contributed by atoms with Crippen molar-refractivity contribution in [1.29, 1.82) is 0 Å². The first-order chi connectivity index (χ1) is 8.96. The number of hydrogen-bond donors (Lipinski definition) is 2. The van der Waals surface area contributed by atoms with Crippen molar-refractivity contribution in [1.82, 2.24) is 5.32 Å². The fourth-order valence-electron chi connectivity index (χ4n) is 1.89. The molecule has 1 aliphatic rings. The molecule has 0 saturated heterocycles. The molecule has 0 radical (unpaired) electrons. The van der Waals surface area contributed by atoms with Gasteiger partial charge in [0, 0.05) is 11.1 Å². The highest BCUT2D eigenvalue weighted by molar-refractivity contribution is 7.90. The van der Waals surface area contributed by atoms with E-state index in [0.29, 0.717) is 10.7 Å². The van der Waals surface area contributed by atoms with Crippen LogP contribution in [0.5, 0.6) is 0 Å². The van der Waals surface area contributed by atoms with Crippen molar-refractivity contribution in [2.75, 3.05) is 5.32 Å². The van der Waals surface area contributed by atoms with Gasteiger partial charge in [0.15, 0.2) is 0 Å². The lowest BCUT2D eigenvalue weighted by Crippen LogP contribution is -2.40. The minimum Gasteiger partial charge on any atom is -0.352 e. The molecule has 0 amide bonds. The van der Waals surface area contributed by atoms with Gasteiger partial charge < -0.3 is 10.6 Å². The molecule has 2 rings (SSSR count). The minimum absolute atomic E-state index is 0.145. The Kier molecular flexibility index (Phi) is 4.01. The van der Waals surface area contributed by atoms with Crippen LogP contribution in [-0.4, -0.2) is 20.4 Å². The summed E-state index contributed by atoms with van der Waals surface area (Å²) >= 11 is 5.88. The summed E-state index contributed by atoms with van der Waals surface area (Å²) in [4.78, 5) is 0.145. The van der Waals surface area contributed by atoms with Crippen LogP contribution in [0.1, 0.15) is 26.7 Å². The van der Waals surface area contributed by atoms with E-state index in [4.69, 9.17) is 11.6 Å². The van der Waals surface area contributed by atoms with Gasteiger partial charge in [-0.3, -0.25) is 0 Å². The summed E-state index contributed by atoms with van der Waals surface area (Å²) in [6.45, 7) is 4.06. The summed E-state index contributed by atoms with van der Waals surface area (Å²) in [6.07, 6.45) is 1.78. The average molecular weight is 302 g/mol. The van der Waals surface area contributed by atoms with E-state index < -0.39 is 10.0 Å². The topological polar surface area (TPSA) is 70.6 Å². The molecule has 5 nitrogen and oxygen atoms in total. The standard InChI is InChI=1S/C12H16ClN3O2S/c1-3-9(4-2)14-12-15-10-7-8(13)5-6-11(10)19(17,18)16-12/h5-7,9H,3-4H2,1-2H3,(H2,14,15,16). The quantitative estimate of drug-likeness (QED) is 0.900. The predicted molar refractivity (Wildman–Crippen MR) is 77.2 cm³/mol. The van der Waals surface area contributed by atoms with Crippen LogP contribution in [0.4, 0.5) is 5.69 Å². The van der Waals surface area contributed by atoms with Gasteiger partial charge in [0.05, 0.1) is 5.69 Å². The normalized spacial score (nSPS) is 16.5. The number of fused-ring (bicyclic) bond motifs is 1. The van der Waals surface area contributed by atoms with E-state index in [1.54, 1.807) is 6.07 Å². The van der Waals surface area contributed by atoms with Gasteiger partial charge in [-0.25, -0.2) is 0 Å². The Morgan fingerprint density at radius 1 is 1.37 bits per heavy atom. The zero-order valence-corrected chi connectivity index (χ0v) is 12.3. The van der Waals surface area contributed by atoms with Crippen LogP contribution in [0.25, 0.3) is 0 Å². The number of rotatable bonds is 3. The van der Waals surface area contributed by atoms with Crippen molar-refractivity contribution in [3.63, 3.8) is 0 Å². The molecule has 0 unspecified atom stereocenters. The number of sulfonamides is 1. The number of nitrogens with zero attached hydrogens (tertiary/aromatic N) is 1. The van der Waals surface area contributed by atoms with Crippen molar-refractivity contribution in [2.24, 2.45) is 4.40 Å². The summed E-state index contributed by atoms with van der Waals surface area (Å²) in [6, 6.07) is 4.76. The molecule has 19 heavy (non-hydrogen) atoms. The molecule has 0 saturated carbocycles.